The van der Waals surface area contributed by atoms with Gasteiger partial charge in [0.05, 0.1) is 6.61 Å². The third kappa shape index (κ3) is 5.22. The summed E-state index contributed by atoms with van der Waals surface area (Å²) in [5, 5.41) is 11.9. The van der Waals surface area contributed by atoms with Gasteiger partial charge in [-0.3, -0.25) is 5.32 Å². The van der Waals surface area contributed by atoms with E-state index in [2.05, 4.69) is 16.6 Å². The Morgan fingerprint density at radius 3 is 2.62 bits per heavy atom. The summed E-state index contributed by atoms with van der Waals surface area (Å²) in [6.45, 7) is 2.54. The van der Waals surface area contributed by atoms with Crippen molar-refractivity contribution in [1.29, 1.82) is 0 Å². The number of carbonyl (C=O) groups is 2. The summed E-state index contributed by atoms with van der Waals surface area (Å²) >= 11 is 0.904. The van der Waals surface area contributed by atoms with Gasteiger partial charge in [0.2, 0.25) is 5.88 Å². The number of hydrogen-bond acceptors (Lipinski definition) is 5. The molecule has 0 unspecified atom stereocenters. The minimum Gasteiger partial charge on any atom is -0.477 e. The first kappa shape index (κ1) is 17.2. The highest BCUT2D eigenvalue weighted by Crippen LogP contribution is 2.30. The maximum Gasteiger partial charge on any atom is 0.344 e. The first-order valence-corrected chi connectivity index (χ1v) is 7.58. The number of unbranched alkanes of at least 4 members (excludes halogenated alkanes) is 3. The van der Waals surface area contributed by atoms with Crippen LogP contribution in [0.5, 0.6) is 5.88 Å². The van der Waals surface area contributed by atoms with Gasteiger partial charge in [-0.2, -0.15) is 4.37 Å². The minimum atomic E-state index is -1.17. The topological polar surface area (TPSA) is 91.8 Å². The molecule has 0 aliphatic rings. The lowest BCUT2D eigenvalue weighted by atomic mass is 10.2. The number of aromatic carboxylic acids is 1. The van der Waals surface area contributed by atoms with Crippen LogP contribution < -0.4 is 10.1 Å². The number of carboxylic acid groups (broad SMARTS) is 1. The van der Waals surface area contributed by atoms with Crippen LogP contribution in [0.2, 0.25) is 0 Å². The summed E-state index contributed by atoms with van der Waals surface area (Å²) in [5.74, 6) is -1.10. The molecule has 0 saturated heterocycles. The summed E-state index contributed by atoms with van der Waals surface area (Å²) in [4.78, 5) is 24.2. The smallest absolute Gasteiger partial charge is 0.344 e. The Morgan fingerprint density at radius 1 is 1.33 bits per heavy atom. The number of aromatic nitrogens is 1. The van der Waals surface area contributed by atoms with E-state index in [0.717, 1.165) is 37.2 Å². The molecule has 118 valence electrons. The Hall–Kier alpha value is -1.83. The molecule has 1 aromatic heterocycles. The van der Waals surface area contributed by atoms with E-state index in [1.807, 2.05) is 0 Å². The summed E-state index contributed by atoms with van der Waals surface area (Å²) in [6, 6.07) is -0.407. The molecule has 21 heavy (non-hydrogen) atoms. The lowest BCUT2D eigenvalue weighted by Gasteiger charge is -2.10. The van der Waals surface area contributed by atoms with Crippen molar-refractivity contribution in [2.24, 2.45) is 0 Å². The van der Waals surface area contributed by atoms with Crippen LogP contribution in [0.25, 0.3) is 0 Å². The average Bonchev–Trinajstić information content (AvgIpc) is 2.81. The molecule has 0 spiro atoms. The van der Waals surface area contributed by atoms with Crippen LogP contribution in [0, 0.1) is 0 Å². The van der Waals surface area contributed by atoms with E-state index in [0.29, 0.717) is 6.61 Å². The summed E-state index contributed by atoms with van der Waals surface area (Å²) < 4.78 is 9.39. The van der Waals surface area contributed by atoms with Gasteiger partial charge >= 0.3 is 12.0 Å². The molecule has 0 fully saturated rings. The van der Waals surface area contributed by atoms with Crippen molar-refractivity contribution >= 4 is 28.5 Å². The Labute approximate surface area is 128 Å². The fraction of sp³-hybridized carbons (Fsp3) is 0.615. The van der Waals surface area contributed by atoms with Gasteiger partial charge in [0, 0.05) is 14.1 Å². The zero-order valence-electron chi connectivity index (χ0n) is 12.5. The third-order valence-corrected chi connectivity index (χ3v) is 3.48. The van der Waals surface area contributed by atoms with Gasteiger partial charge in [-0.05, 0) is 18.0 Å². The van der Waals surface area contributed by atoms with Gasteiger partial charge in [-0.15, -0.1) is 0 Å². The molecule has 0 aliphatic carbocycles. The van der Waals surface area contributed by atoms with Crippen LogP contribution in [0.3, 0.4) is 0 Å². The Kier molecular flexibility index (Phi) is 6.93. The molecular weight excluding hydrogens is 294 g/mol. The molecule has 0 aromatic carbocycles. The van der Waals surface area contributed by atoms with E-state index < -0.39 is 12.0 Å². The predicted octanol–water partition coefficient (Wildman–Crippen LogP) is 2.89. The van der Waals surface area contributed by atoms with Crippen LogP contribution in [0.15, 0.2) is 0 Å². The molecule has 0 radical (unpaired) electrons. The number of rotatable bonds is 8. The zero-order valence-corrected chi connectivity index (χ0v) is 13.3. The highest BCUT2D eigenvalue weighted by molar-refractivity contribution is 7.11. The maximum absolute atomic E-state index is 11.6. The lowest BCUT2D eigenvalue weighted by Crippen LogP contribution is -2.27. The second-order valence-corrected chi connectivity index (χ2v) is 5.50. The van der Waals surface area contributed by atoms with Crippen molar-refractivity contribution in [3.8, 4) is 5.88 Å². The van der Waals surface area contributed by atoms with Gasteiger partial charge in [0.1, 0.15) is 5.00 Å². The first-order chi connectivity index (χ1) is 9.97. The van der Waals surface area contributed by atoms with Gasteiger partial charge in [-0.25, -0.2) is 9.59 Å². The molecular formula is C13H21N3O4S. The van der Waals surface area contributed by atoms with Gasteiger partial charge in [-0.1, -0.05) is 26.2 Å². The van der Waals surface area contributed by atoms with Crippen LogP contribution in [0.4, 0.5) is 9.80 Å². The predicted molar refractivity (Wildman–Crippen MR) is 81.4 cm³/mol. The van der Waals surface area contributed by atoms with E-state index in [-0.39, 0.29) is 16.4 Å². The molecule has 0 aliphatic heterocycles. The Morgan fingerprint density at radius 2 is 2.05 bits per heavy atom. The number of hydrogen-bond donors (Lipinski definition) is 2. The normalized spacial score (nSPS) is 10.2. The first-order valence-electron chi connectivity index (χ1n) is 6.81. The second kappa shape index (κ2) is 8.46. The SMILES string of the molecule is CCCCCCOc1nsc(NC(=O)N(C)C)c1C(=O)O. The highest BCUT2D eigenvalue weighted by atomic mass is 32.1. The van der Waals surface area contributed by atoms with Crippen molar-refractivity contribution in [3.63, 3.8) is 0 Å². The van der Waals surface area contributed by atoms with Crippen molar-refractivity contribution in [1.82, 2.24) is 9.27 Å². The molecule has 8 heteroatoms. The summed E-state index contributed by atoms with van der Waals surface area (Å²) in [5.41, 5.74) is -0.0920. The quantitative estimate of drug-likeness (QED) is 0.720. The number of carbonyl (C=O) groups excluding carboxylic acids is 1. The average molecular weight is 315 g/mol. The van der Waals surface area contributed by atoms with E-state index in [1.165, 1.54) is 4.90 Å². The maximum atomic E-state index is 11.6. The Bertz CT molecular complexity index is 488. The molecule has 0 bridgehead atoms. The van der Waals surface area contributed by atoms with Gasteiger partial charge in [0.15, 0.2) is 5.56 Å². The number of amides is 2. The fourth-order valence-corrected chi connectivity index (χ4v) is 2.27. The minimum absolute atomic E-state index is 0.0676. The van der Waals surface area contributed by atoms with Crippen molar-refractivity contribution in [2.75, 3.05) is 26.0 Å². The fourth-order valence-electron chi connectivity index (χ4n) is 1.55. The molecule has 1 heterocycles. The van der Waals surface area contributed by atoms with Crippen LogP contribution in [-0.2, 0) is 0 Å². The Balaban J connectivity index is 2.70. The van der Waals surface area contributed by atoms with Crippen LogP contribution >= 0.6 is 11.5 Å². The number of ether oxygens (including phenoxy) is 1. The number of nitrogens with one attached hydrogen (secondary N) is 1. The van der Waals surface area contributed by atoms with Crippen molar-refractivity contribution in [2.45, 2.75) is 32.6 Å². The molecule has 1 aromatic rings. The van der Waals surface area contributed by atoms with Crippen molar-refractivity contribution in [3.05, 3.63) is 5.56 Å². The lowest BCUT2D eigenvalue weighted by molar-refractivity contribution is 0.0693. The van der Waals surface area contributed by atoms with Crippen LogP contribution in [-0.4, -0.2) is 47.1 Å². The number of urea groups is 1. The third-order valence-electron chi connectivity index (χ3n) is 2.74. The number of anilines is 1. The van der Waals surface area contributed by atoms with Gasteiger partial charge < -0.3 is 14.7 Å². The monoisotopic (exact) mass is 315 g/mol. The largest absolute Gasteiger partial charge is 0.477 e. The summed E-state index contributed by atoms with van der Waals surface area (Å²) in [6.07, 6.45) is 4.13. The van der Waals surface area contributed by atoms with E-state index in [1.54, 1.807) is 14.1 Å². The number of nitrogens with zero attached hydrogens (tertiary/aromatic N) is 2. The van der Waals surface area contributed by atoms with Crippen LogP contribution in [0.1, 0.15) is 43.0 Å². The highest BCUT2D eigenvalue weighted by Gasteiger charge is 2.23. The van der Waals surface area contributed by atoms with E-state index in [9.17, 15) is 14.7 Å². The van der Waals surface area contributed by atoms with Gasteiger partial charge in [0.25, 0.3) is 0 Å². The van der Waals surface area contributed by atoms with E-state index in [4.69, 9.17) is 4.74 Å². The second-order valence-electron chi connectivity index (χ2n) is 4.73. The molecule has 2 N–H and O–H groups in total. The molecule has 1 rings (SSSR count). The molecule has 2 amide bonds. The summed E-state index contributed by atoms with van der Waals surface area (Å²) in [7, 11) is 3.14. The standard InChI is InChI=1S/C13H21N3O4S/c1-4-5-6-7-8-20-10-9(12(17)18)11(21-15-10)14-13(19)16(2)3/h4-8H2,1-3H3,(H,14,19)(H,17,18). The molecule has 0 saturated carbocycles. The van der Waals surface area contributed by atoms with E-state index >= 15 is 0 Å². The van der Waals surface area contributed by atoms with Crippen molar-refractivity contribution < 1.29 is 19.4 Å². The number of carboxylic acids is 1. The molecule has 0 atom stereocenters. The molecule has 7 nitrogen and oxygen atoms in total. The zero-order chi connectivity index (χ0) is 15.8.